The van der Waals surface area contributed by atoms with E-state index in [1.54, 1.807) is 0 Å². The molecule has 1 aliphatic rings. The number of nitrogens with zero attached hydrogens (tertiary/aromatic N) is 1. The Balaban J connectivity index is 1.16. The van der Waals surface area contributed by atoms with Gasteiger partial charge in [0.25, 0.3) is 0 Å². The zero-order valence-electron chi connectivity index (χ0n) is 29.8. The Morgan fingerprint density at radius 2 is 0.981 bits per heavy atom. The summed E-state index contributed by atoms with van der Waals surface area (Å²) in [6, 6.07) is 69.1. The Hall–Kier alpha value is -6.22. The lowest BCUT2D eigenvalue weighted by Crippen LogP contribution is -2.15. The lowest BCUT2D eigenvalue weighted by Gasteiger charge is -2.30. The predicted molar refractivity (Wildman–Crippen MR) is 228 cm³/mol. The first-order valence-corrected chi connectivity index (χ1v) is 19.2. The molecule has 9 aromatic rings. The van der Waals surface area contributed by atoms with Crippen LogP contribution in [0, 0.1) is 0 Å². The maximum absolute atomic E-state index is 2.46. The van der Waals surface area contributed by atoms with Crippen LogP contribution in [0.2, 0.25) is 0 Å². The smallest absolute Gasteiger partial charge is 0.0540 e. The maximum Gasteiger partial charge on any atom is 0.0540 e. The van der Waals surface area contributed by atoms with Crippen molar-refractivity contribution in [3.05, 3.63) is 199 Å². The molecule has 0 aliphatic heterocycles. The number of benzene rings is 8. The van der Waals surface area contributed by atoms with Gasteiger partial charge >= 0.3 is 0 Å². The Morgan fingerprint density at radius 3 is 1.79 bits per heavy atom. The quantitative estimate of drug-likeness (QED) is 0.167. The van der Waals surface area contributed by atoms with Crippen LogP contribution in [0.5, 0.6) is 0 Å². The van der Waals surface area contributed by atoms with Crippen LogP contribution in [-0.4, -0.2) is 0 Å². The molecule has 1 nitrogen and oxygen atoms in total. The van der Waals surface area contributed by atoms with Gasteiger partial charge < -0.3 is 4.90 Å². The summed E-state index contributed by atoms with van der Waals surface area (Å²) >= 11 is 1.87. The molecule has 0 saturated carbocycles. The first kappa shape index (κ1) is 31.5. The summed E-state index contributed by atoms with van der Waals surface area (Å²) in [5.41, 5.74) is 16.0. The van der Waals surface area contributed by atoms with Crippen molar-refractivity contribution in [1.82, 2.24) is 0 Å². The van der Waals surface area contributed by atoms with Crippen LogP contribution >= 0.6 is 11.3 Å². The molecule has 1 aromatic heterocycles. The highest BCUT2D eigenvalue weighted by molar-refractivity contribution is 7.25. The summed E-state index contributed by atoms with van der Waals surface area (Å²) in [4.78, 5) is 2.46. The average molecular weight is 696 g/mol. The monoisotopic (exact) mass is 695 g/mol. The summed E-state index contributed by atoms with van der Waals surface area (Å²) in [7, 11) is 0. The van der Waals surface area contributed by atoms with Gasteiger partial charge in [-0.05, 0) is 80.9 Å². The summed E-state index contributed by atoms with van der Waals surface area (Å²) in [6.45, 7) is 4.71. The van der Waals surface area contributed by atoms with Gasteiger partial charge in [0, 0.05) is 42.4 Å². The zero-order chi connectivity index (χ0) is 35.5. The molecule has 2 heteroatoms. The van der Waals surface area contributed by atoms with Gasteiger partial charge in [0.2, 0.25) is 0 Å². The second-order valence-electron chi connectivity index (χ2n) is 14.5. The number of para-hydroxylation sites is 2. The van der Waals surface area contributed by atoms with E-state index >= 15 is 0 Å². The molecule has 0 fully saturated rings. The minimum atomic E-state index is -0.0782. The zero-order valence-corrected chi connectivity index (χ0v) is 30.6. The topological polar surface area (TPSA) is 3.24 Å². The predicted octanol–water partition coefficient (Wildman–Crippen LogP) is 14.8. The van der Waals surface area contributed by atoms with Crippen molar-refractivity contribution in [2.45, 2.75) is 19.3 Å². The second kappa shape index (κ2) is 12.5. The number of fused-ring (bicyclic) bond motifs is 6. The molecule has 0 saturated heterocycles. The SMILES string of the molecule is CC1(C)c2ccccc2-c2c(-c3ccccc3N(c3ccc(-c4ccc5c(c4)sc4ccccc45)cc3)c3ccccc3-c3ccccc3)cccc21. The molecule has 0 radical (unpaired) electrons. The molecule has 0 bridgehead atoms. The van der Waals surface area contributed by atoms with E-state index in [1.165, 1.54) is 75.8 Å². The third kappa shape index (κ3) is 5.13. The molecular weight excluding hydrogens is 659 g/mol. The van der Waals surface area contributed by atoms with E-state index in [-0.39, 0.29) is 5.41 Å². The molecule has 1 aliphatic carbocycles. The van der Waals surface area contributed by atoms with E-state index in [2.05, 4.69) is 207 Å². The summed E-state index contributed by atoms with van der Waals surface area (Å²) in [6.07, 6.45) is 0. The molecule has 252 valence electrons. The Morgan fingerprint density at radius 1 is 0.396 bits per heavy atom. The number of hydrogen-bond acceptors (Lipinski definition) is 2. The molecule has 0 N–H and O–H groups in total. The minimum Gasteiger partial charge on any atom is -0.309 e. The van der Waals surface area contributed by atoms with Gasteiger partial charge in [0.05, 0.1) is 11.4 Å². The Kier molecular flexibility index (Phi) is 7.42. The van der Waals surface area contributed by atoms with Crippen LogP contribution in [-0.2, 0) is 5.41 Å². The van der Waals surface area contributed by atoms with Crippen LogP contribution in [0.1, 0.15) is 25.0 Å². The van der Waals surface area contributed by atoms with Gasteiger partial charge in [-0.1, -0.05) is 166 Å². The summed E-state index contributed by atoms with van der Waals surface area (Å²) in [5, 5.41) is 2.65. The van der Waals surface area contributed by atoms with Crippen LogP contribution in [0.4, 0.5) is 17.1 Å². The summed E-state index contributed by atoms with van der Waals surface area (Å²) in [5.74, 6) is 0. The lowest BCUT2D eigenvalue weighted by atomic mass is 9.82. The fraction of sp³-hybridized carbons (Fsp3) is 0.0588. The standard InChI is InChI=1S/C51H37NS/c1-51(2)44-22-10-6-20-43(44)50-42(21-14-23-45(50)51)39-18-8-12-25-47(39)52(46-24-11-7-17-38(46)35-15-4-3-5-16-35)37-30-27-34(28-31-37)36-29-32-41-40-19-9-13-26-48(40)53-49(41)33-36/h3-33H,1-2H3. The molecule has 0 atom stereocenters. The van der Waals surface area contributed by atoms with Crippen molar-refractivity contribution in [2.75, 3.05) is 4.90 Å². The van der Waals surface area contributed by atoms with Gasteiger partial charge in [-0.2, -0.15) is 0 Å². The third-order valence-electron chi connectivity index (χ3n) is 11.1. The summed E-state index contributed by atoms with van der Waals surface area (Å²) < 4.78 is 2.65. The molecule has 0 unspecified atom stereocenters. The number of anilines is 3. The molecular formula is C51H37NS. The van der Waals surface area contributed by atoms with Crippen molar-refractivity contribution in [3.8, 4) is 44.5 Å². The first-order valence-electron chi connectivity index (χ1n) is 18.4. The van der Waals surface area contributed by atoms with Crippen molar-refractivity contribution in [1.29, 1.82) is 0 Å². The number of rotatable bonds is 6. The van der Waals surface area contributed by atoms with Crippen LogP contribution in [0.15, 0.2) is 188 Å². The van der Waals surface area contributed by atoms with Crippen molar-refractivity contribution in [3.63, 3.8) is 0 Å². The first-order chi connectivity index (χ1) is 26.1. The fourth-order valence-electron chi connectivity index (χ4n) is 8.52. The van der Waals surface area contributed by atoms with Crippen LogP contribution in [0.25, 0.3) is 64.7 Å². The molecule has 10 rings (SSSR count). The largest absolute Gasteiger partial charge is 0.309 e. The Labute approximate surface area is 315 Å². The highest BCUT2D eigenvalue weighted by Crippen LogP contribution is 2.54. The van der Waals surface area contributed by atoms with Gasteiger partial charge in [-0.25, -0.2) is 0 Å². The molecule has 0 spiro atoms. The van der Waals surface area contributed by atoms with E-state index in [1.807, 2.05) is 11.3 Å². The molecule has 1 heterocycles. The van der Waals surface area contributed by atoms with Gasteiger partial charge in [-0.3, -0.25) is 0 Å². The highest BCUT2D eigenvalue weighted by Gasteiger charge is 2.37. The second-order valence-corrected chi connectivity index (χ2v) is 15.6. The van der Waals surface area contributed by atoms with Gasteiger partial charge in [0.15, 0.2) is 0 Å². The van der Waals surface area contributed by atoms with Gasteiger partial charge in [-0.15, -0.1) is 11.3 Å². The highest BCUT2D eigenvalue weighted by atomic mass is 32.1. The van der Waals surface area contributed by atoms with Crippen molar-refractivity contribution in [2.24, 2.45) is 0 Å². The normalized spacial score (nSPS) is 12.9. The van der Waals surface area contributed by atoms with Crippen LogP contribution < -0.4 is 4.90 Å². The fourth-order valence-corrected chi connectivity index (χ4v) is 9.67. The number of thiophene rings is 1. The van der Waals surface area contributed by atoms with Crippen LogP contribution in [0.3, 0.4) is 0 Å². The van der Waals surface area contributed by atoms with Gasteiger partial charge in [0.1, 0.15) is 0 Å². The number of hydrogen-bond donors (Lipinski definition) is 0. The average Bonchev–Trinajstić information content (AvgIpc) is 3.70. The van der Waals surface area contributed by atoms with Crippen molar-refractivity contribution < 1.29 is 0 Å². The minimum absolute atomic E-state index is 0.0782. The molecule has 0 amide bonds. The van der Waals surface area contributed by atoms with E-state index in [4.69, 9.17) is 0 Å². The van der Waals surface area contributed by atoms with E-state index in [9.17, 15) is 0 Å². The van der Waals surface area contributed by atoms with Crippen molar-refractivity contribution >= 4 is 48.6 Å². The molecule has 8 aromatic carbocycles. The lowest BCUT2D eigenvalue weighted by molar-refractivity contribution is 0.660. The Bertz CT molecular complexity index is 2810. The molecule has 53 heavy (non-hydrogen) atoms. The third-order valence-corrected chi connectivity index (χ3v) is 12.2. The van der Waals surface area contributed by atoms with E-state index in [0.29, 0.717) is 0 Å². The van der Waals surface area contributed by atoms with E-state index in [0.717, 1.165) is 17.1 Å². The maximum atomic E-state index is 2.46. The van der Waals surface area contributed by atoms with E-state index < -0.39 is 0 Å².